The Balaban J connectivity index is 1.74. The van der Waals surface area contributed by atoms with Crippen LogP contribution in [0.25, 0.3) is 11.4 Å². The maximum absolute atomic E-state index is 12.6. The largest absolute Gasteiger partial charge is 0.459 e. The van der Waals surface area contributed by atoms with Crippen molar-refractivity contribution in [2.45, 2.75) is 32.0 Å². The van der Waals surface area contributed by atoms with E-state index in [1.807, 2.05) is 12.1 Å². The van der Waals surface area contributed by atoms with Crippen LogP contribution in [0.3, 0.4) is 0 Å². The van der Waals surface area contributed by atoms with Crippen LogP contribution in [-0.2, 0) is 16.6 Å². The van der Waals surface area contributed by atoms with Gasteiger partial charge in [-0.05, 0) is 50.6 Å². The van der Waals surface area contributed by atoms with Crippen LogP contribution >= 0.6 is 34.7 Å². The minimum absolute atomic E-state index is 0.00805. The molecule has 0 unspecified atom stereocenters. The van der Waals surface area contributed by atoms with Crippen LogP contribution < -0.4 is 11.1 Å². The summed E-state index contributed by atoms with van der Waals surface area (Å²) < 4.78 is 7.03. The number of thioether (sulfide) groups is 1. The second kappa shape index (κ2) is 10.4. The van der Waals surface area contributed by atoms with E-state index in [9.17, 15) is 14.4 Å². The number of rotatable bonds is 8. The van der Waals surface area contributed by atoms with Crippen molar-refractivity contribution in [3.8, 4) is 11.4 Å². The number of ether oxygens (including phenoxy) is 1. The van der Waals surface area contributed by atoms with Crippen molar-refractivity contribution in [1.29, 1.82) is 0 Å². The van der Waals surface area contributed by atoms with Crippen LogP contribution in [0.2, 0.25) is 5.02 Å². The Morgan fingerprint density at radius 2 is 1.91 bits per heavy atom. The monoisotopic (exact) mass is 507 g/mol. The van der Waals surface area contributed by atoms with Gasteiger partial charge in [-0.15, -0.1) is 21.5 Å². The molecular formula is C21H22ClN5O4S2. The number of thiophene rings is 1. The molecule has 0 aliphatic rings. The van der Waals surface area contributed by atoms with Gasteiger partial charge < -0.3 is 20.4 Å². The number of anilines is 1. The SMILES string of the molecule is Cc1c(C(N)=O)sc(NC(=O)CSc2nnc(-c3ccc(Cl)cc3)n2C)c1C(=O)OC(C)C. The number of hydrogen-bond donors (Lipinski definition) is 2. The van der Waals surface area contributed by atoms with Crippen molar-refractivity contribution in [2.75, 3.05) is 11.1 Å². The molecule has 2 amide bonds. The molecule has 174 valence electrons. The number of nitrogens with one attached hydrogen (secondary N) is 1. The average Bonchev–Trinajstić information content (AvgIpc) is 3.26. The van der Waals surface area contributed by atoms with Gasteiger partial charge in [0.15, 0.2) is 11.0 Å². The number of nitrogens with two attached hydrogens (primary N) is 1. The Morgan fingerprint density at radius 1 is 1.24 bits per heavy atom. The van der Waals surface area contributed by atoms with E-state index in [1.54, 1.807) is 44.5 Å². The lowest BCUT2D eigenvalue weighted by Crippen LogP contribution is -2.18. The highest BCUT2D eigenvalue weighted by Crippen LogP contribution is 2.34. The summed E-state index contributed by atoms with van der Waals surface area (Å²) in [6.07, 6.45) is -0.362. The Labute approximate surface area is 203 Å². The molecule has 2 heterocycles. The van der Waals surface area contributed by atoms with Gasteiger partial charge in [-0.3, -0.25) is 9.59 Å². The zero-order valence-corrected chi connectivity index (χ0v) is 20.7. The minimum atomic E-state index is -0.681. The highest BCUT2D eigenvalue weighted by atomic mass is 35.5. The van der Waals surface area contributed by atoms with E-state index in [1.165, 1.54) is 11.8 Å². The molecule has 0 saturated heterocycles. The molecule has 0 spiro atoms. The van der Waals surface area contributed by atoms with E-state index in [0.717, 1.165) is 16.9 Å². The van der Waals surface area contributed by atoms with Gasteiger partial charge in [0, 0.05) is 17.6 Å². The average molecular weight is 508 g/mol. The number of esters is 1. The Morgan fingerprint density at radius 3 is 2.52 bits per heavy atom. The van der Waals surface area contributed by atoms with E-state index in [4.69, 9.17) is 22.1 Å². The van der Waals surface area contributed by atoms with Crippen molar-refractivity contribution in [3.63, 3.8) is 0 Å². The molecule has 0 saturated carbocycles. The first-order chi connectivity index (χ1) is 15.6. The normalized spacial score (nSPS) is 11.0. The van der Waals surface area contributed by atoms with Crippen molar-refractivity contribution >= 4 is 57.5 Å². The maximum atomic E-state index is 12.6. The third-order valence-electron chi connectivity index (χ3n) is 4.44. The molecule has 3 N–H and O–H groups in total. The molecule has 0 fully saturated rings. The number of primary amides is 1. The Bertz CT molecular complexity index is 1200. The van der Waals surface area contributed by atoms with Crippen LogP contribution in [-0.4, -0.2) is 44.4 Å². The van der Waals surface area contributed by atoms with Gasteiger partial charge in [-0.1, -0.05) is 23.4 Å². The third-order valence-corrected chi connectivity index (χ3v) is 6.93. The molecule has 0 radical (unpaired) electrons. The van der Waals surface area contributed by atoms with Crippen LogP contribution in [0, 0.1) is 6.92 Å². The van der Waals surface area contributed by atoms with Gasteiger partial charge in [0.2, 0.25) is 5.91 Å². The van der Waals surface area contributed by atoms with Crippen LogP contribution in [0.1, 0.15) is 39.4 Å². The molecule has 0 aliphatic carbocycles. The Kier molecular flexibility index (Phi) is 7.77. The third kappa shape index (κ3) is 5.73. The van der Waals surface area contributed by atoms with Gasteiger partial charge in [0.25, 0.3) is 5.91 Å². The van der Waals surface area contributed by atoms with Gasteiger partial charge >= 0.3 is 5.97 Å². The van der Waals surface area contributed by atoms with E-state index >= 15 is 0 Å². The number of nitrogens with zero attached hydrogens (tertiary/aromatic N) is 3. The van der Waals surface area contributed by atoms with E-state index in [2.05, 4.69) is 15.5 Å². The van der Waals surface area contributed by atoms with Crippen LogP contribution in [0.5, 0.6) is 0 Å². The van der Waals surface area contributed by atoms with Crippen LogP contribution in [0.4, 0.5) is 5.00 Å². The first-order valence-electron chi connectivity index (χ1n) is 9.80. The summed E-state index contributed by atoms with van der Waals surface area (Å²) in [4.78, 5) is 37.1. The zero-order valence-electron chi connectivity index (χ0n) is 18.3. The minimum Gasteiger partial charge on any atom is -0.459 e. The molecule has 0 bridgehead atoms. The molecule has 2 aromatic heterocycles. The topological polar surface area (TPSA) is 129 Å². The zero-order chi connectivity index (χ0) is 24.3. The lowest BCUT2D eigenvalue weighted by atomic mass is 10.1. The number of carbonyl (C=O) groups is 3. The molecule has 0 aliphatic heterocycles. The molecule has 3 rings (SSSR count). The first kappa shape index (κ1) is 24.7. The summed E-state index contributed by atoms with van der Waals surface area (Å²) in [6.45, 7) is 5.02. The fraction of sp³-hybridized carbons (Fsp3) is 0.286. The summed E-state index contributed by atoms with van der Waals surface area (Å²) >= 11 is 8.06. The summed E-state index contributed by atoms with van der Waals surface area (Å²) in [7, 11) is 1.80. The second-order valence-electron chi connectivity index (χ2n) is 7.29. The van der Waals surface area contributed by atoms with Gasteiger partial charge in [0.1, 0.15) is 5.00 Å². The van der Waals surface area contributed by atoms with Gasteiger partial charge in [-0.25, -0.2) is 4.79 Å². The Hall–Kier alpha value is -2.89. The molecular weight excluding hydrogens is 486 g/mol. The van der Waals surface area contributed by atoms with Crippen molar-refractivity contribution < 1.29 is 19.1 Å². The van der Waals surface area contributed by atoms with Crippen molar-refractivity contribution in [1.82, 2.24) is 14.8 Å². The predicted octanol–water partition coefficient (Wildman–Crippen LogP) is 3.90. The summed E-state index contributed by atoms with van der Waals surface area (Å²) in [6, 6.07) is 7.19. The number of carbonyl (C=O) groups excluding carboxylic acids is 3. The number of halogens is 1. The summed E-state index contributed by atoms with van der Waals surface area (Å²) in [5.41, 5.74) is 6.76. The smallest absolute Gasteiger partial charge is 0.341 e. The molecule has 33 heavy (non-hydrogen) atoms. The molecule has 9 nitrogen and oxygen atoms in total. The standard InChI is InChI=1S/C21H22ClN5O4S2/c1-10(2)31-20(30)15-11(3)16(17(23)29)33-19(15)24-14(28)9-32-21-26-25-18(27(21)4)12-5-7-13(22)8-6-12/h5-8,10H,9H2,1-4H3,(H2,23,29)(H,24,28). The summed E-state index contributed by atoms with van der Waals surface area (Å²) in [5, 5.41) is 12.4. The predicted molar refractivity (Wildman–Crippen MR) is 129 cm³/mol. The highest BCUT2D eigenvalue weighted by molar-refractivity contribution is 7.99. The van der Waals surface area contributed by atoms with E-state index < -0.39 is 11.9 Å². The highest BCUT2D eigenvalue weighted by Gasteiger charge is 2.26. The molecule has 1 aromatic carbocycles. The fourth-order valence-corrected chi connectivity index (χ4v) is 4.84. The molecule has 0 atom stereocenters. The maximum Gasteiger partial charge on any atom is 0.341 e. The van der Waals surface area contributed by atoms with Gasteiger partial charge in [0.05, 0.1) is 22.3 Å². The number of amides is 2. The first-order valence-corrected chi connectivity index (χ1v) is 12.0. The van der Waals surface area contributed by atoms with E-state index in [-0.39, 0.29) is 33.2 Å². The lowest BCUT2D eigenvalue weighted by molar-refractivity contribution is -0.113. The summed E-state index contributed by atoms with van der Waals surface area (Å²) in [5.74, 6) is -1.05. The lowest BCUT2D eigenvalue weighted by Gasteiger charge is -2.10. The quantitative estimate of drug-likeness (QED) is 0.349. The van der Waals surface area contributed by atoms with Crippen molar-refractivity contribution in [2.24, 2.45) is 12.8 Å². The molecule has 12 heteroatoms. The van der Waals surface area contributed by atoms with E-state index in [0.29, 0.717) is 21.6 Å². The fourth-order valence-electron chi connectivity index (χ4n) is 2.94. The van der Waals surface area contributed by atoms with Crippen LogP contribution in [0.15, 0.2) is 29.4 Å². The second-order valence-corrected chi connectivity index (χ2v) is 9.69. The van der Waals surface area contributed by atoms with Gasteiger partial charge in [-0.2, -0.15) is 0 Å². The molecule has 3 aromatic rings. The van der Waals surface area contributed by atoms with Crippen molar-refractivity contribution in [3.05, 3.63) is 45.3 Å². The number of hydrogen-bond acceptors (Lipinski definition) is 8. The number of benzene rings is 1. The number of aromatic nitrogens is 3.